The summed E-state index contributed by atoms with van der Waals surface area (Å²) in [7, 11) is 0. The van der Waals surface area contributed by atoms with Gasteiger partial charge in [-0.3, -0.25) is 0 Å². The van der Waals surface area contributed by atoms with E-state index in [2.05, 4.69) is 74.5 Å². The van der Waals surface area contributed by atoms with E-state index in [-0.39, 0.29) is 0 Å². The Bertz CT molecular complexity index is 990. The zero-order valence-electron chi connectivity index (χ0n) is 22.3. The van der Waals surface area contributed by atoms with Crippen molar-refractivity contribution in [1.82, 2.24) is 4.98 Å². The minimum absolute atomic E-state index is 0.875. The van der Waals surface area contributed by atoms with Crippen LogP contribution in [0.5, 0.6) is 0 Å². The molecule has 0 fully saturated rings. The van der Waals surface area contributed by atoms with Crippen LogP contribution in [-0.2, 0) is 12.8 Å². The number of rotatable bonds is 17. The molecule has 0 N–H and O–H groups in total. The third-order valence-electron chi connectivity index (χ3n) is 6.60. The van der Waals surface area contributed by atoms with Crippen LogP contribution in [-0.4, -0.2) is 17.7 Å². The van der Waals surface area contributed by atoms with Gasteiger partial charge in [-0.1, -0.05) is 108 Å². The Kier molecular flexibility index (Phi) is 12.3. The monoisotopic (exact) mass is 491 g/mol. The van der Waals surface area contributed by atoms with Crippen molar-refractivity contribution >= 4 is 32.9 Å². The zero-order valence-corrected chi connectivity index (χ0v) is 23.1. The first-order valence-electron chi connectivity index (χ1n) is 14.0. The summed E-state index contributed by atoms with van der Waals surface area (Å²) in [4.78, 5) is 4.86. The molecular weight excluding hydrogens is 446 g/mol. The standard InChI is InChI=1S/C31H45N3S/c1-4-7-9-11-13-17-26-21-22-27(18-14-12-10-8-5-2)28(24-26)25-32-34(23-6-3)31-33-29-19-15-16-20-30(29)35-31/h15-16,19-22,24-25H,4-14,17-18,23H2,1-3H3. The van der Waals surface area contributed by atoms with Crippen molar-refractivity contribution in [2.75, 3.05) is 11.6 Å². The van der Waals surface area contributed by atoms with Gasteiger partial charge in [0.1, 0.15) is 0 Å². The largest absolute Gasteiger partial charge is 0.239 e. The van der Waals surface area contributed by atoms with Gasteiger partial charge in [0.15, 0.2) is 0 Å². The van der Waals surface area contributed by atoms with E-state index in [0.717, 1.165) is 36.5 Å². The first kappa shape index (κ1) is 27.4. The van der Waals surface area contributed by atoms with E-state index >= 15 is 0 Å². The van der Waals surface area contributed by atoms with Crippen LogP contribution in [0, 0.1) is 0 Å². The summed E-state index contributed by atoms with van der Waals surface area (Å²) in [5.74, 6) is 0. The maximum atomic E-state index is 4.99. The fourth-order valence-electron chi connectivity index (χ4n) is 4.52. The summed E-state index contributed by atoms with van der Waals surface area (Å²) in [5.41, 5.74) is 5.22. The maximum absolute atomic E-state index is 4.99. The number of para-hydroxylation sites is 1. The van der Waals surface area contributed by atoms with Gasteiger partial charge >= 0.3 is 0 Å². The minimum atomic E-state index is 0.875. The van der Waals surface area contributed by atoms with E-state index in [0.29, 0.717) is 0 Å². The molecule has 2 aromatic carbocycles. The number of unbranched alkanes of at least 4 members (excludes halogenated alkanes) is 8. The molecule has 1 heterocycles. The number of thiazole rings is 1. The third-order valence-corrected chi connectivity index (χ3v) is 7.65. The number of nitrogens with zero attached hydrogens (tertiary/aromatic N) is 3. The lowest BCUT2D eigenvalue weighted by Crippen LogP contribution is -2.17. The van der Waals surface area contributed by atoms with Crippen molar-refractivity contribution in [3.05, 3.63) is 59.2 Å². The molecule has 3 nitrogen and oxygen atoms in total. The molecule has 0 spiro atoms. The summed E-state index contributed by atoms with van der Waals surface area (Å²) >= 11 is 1.73. The molecule has 4 heteroatoms. The van der Waals surface area contributed by atoms with E-state index in [1.807, 2.05) is 0 Å². The van der Waals surface area contributed by atoms with Crippen LogP contribution >= 0.6 is 11.3 Å². The predicted octanol–water partition coefficient (Wildman–Crippen LogP) is 9.57. The molecule has 0 bridgehead atoms. The van der Waals surface area contributed by atoms with Crippen LogP contribution in [0.25, 0.3) is 10.2 Å². The van der Waals surface area contributed by atoms with Gasteiger partial charge < -0.3 is 0 Å². The van der Waals surface area contributed by atoms with Crippen molar-refractivity contribution in [2.24, 2.45) is 5.10 Å². The van der Waals surface area contributed by atoms with Crippen molar-refractivity contribution in [3.63, 3.8) is 0 Å². The predicted molar refractivity (Wildman–Crippen MR) is 156 cm³/mol. The molecule has 0 aliphatic rings. The summed E-state index contributed by atoms with van der Waals surface area (Å²) in [6, 6.07) is 15.5. The highest BCUT2D eigenvalue weighted by Gasteiger charge is 2.11. The van der Waals surface area contributed by atoms with Crippen LogP contribution in [0.1, 0.15) is 108 Å². The Balaban J connectivity index is 1.76. The molecular formula is C31H45N3S. The molecule has 1 aromatic heterocycles. The Morgan fingerprint density at radius 1 is 0.800 bits per heavy atom. The van der Waals surface area contributed by atoms with Crippen LogP contribution in [0.3, 0.4) is 0 Å². The second kappa shape index (κ2) is 15.7. The van der Waals surface area contributed by atoms with Gasteiger partial charge in [0, 0.05) is 6.54 Å². The minimum Gasteiger partial charge on any atom is -0.239 e. The molecule has 35 heavy (non-hydrogen) atoms. The van der Waals surface area contributed by atoms with Crippen molar-refractivity contribution in [1.29, 1.82) is 0 Å². The van der Waals surface area contributed by atoms with Crippen molar-refractivity contribution < 1.29 is 0 Å². The molecule has 0 saturated carbocycles. The molecule has 0 radical (unpaired) electrons. The summed E-state index contributed by atoms with van der Waals surface area (Å²) < 4.78 is 1.22. The van der Waals surface area contributed by atoms with Gasteiger partial charge in [0.05, 0.1) is 16.4 Å². The Morgan fingerprint density at radius 3 is 2.23 bits per heavy atom. The van der Waals surface area contributed by atoms with Crippen LogP contribution in [0.4, 0.5) is 5.13 Å². The van der Waals surface area contributed by atoms with E-state index in [9.17, 15) is 0 Å². The van der Waals surface area contributed by atoms with Gasteiger partial charge in [-0.05, 0) is 67.0 Å². The number of hydrogen-bond donors (Lipinski definition) is 0. The Morgan fingerprint density at radius 2 is 1.51 bits per heavy atom. The van der Waals surface area contributed by atoms with E-state index in [1.165, 1.54) is 85.6 Å². The van der Waals surface area contributed by atoms with Crippen LogP contribution < -0.4 is 5.01 Å². The number of hydrazone groups is 1. The molecule has 0 amide bonds. The molecule has 0 aliphatic heterocycles. The van der Waals surface area contributed by atoms with Gasteiger partial charge in [-0.15, -0.1) is 0 Å². The highest BCUT2D eigenvalue weighted by Crippen LogP contribution is 2.29. The van der Waals surface area contributed by atoms with Crippen molar-refractivity contribution in [3.8, 4) is 0 Å². The average Bonchev–Trinajstić information content (AvgIpc) is 3.31. The first-order chi connectivity index (χ1) is 17.2. The topological polar surface area (TPSA) is 28.5 Å². The number of fused-ring (bicyclic) bond motifs is 1. The normalized spacial score (nSPS) is 11.6. The Labute approximate surface area is 217 Å². The number of anilines is 1. The molecule has 0 saturated heterocycles. The fourth-order valence-corrected chi connectivity index (χ4v) is 5.47. The lowest BCUT2D eigenvalue weighted by molar-refractivity contribution is 0.630. The molecule has 0 atom stereocenters. The number of hydrogen-bond acceptors (Lipinski definition) is 4. The van der Waals surface area contributed by atoms with Crippen LogP contribution in [0.2, 0.25) is 0 Å². The quantitative estimate of drug-likeness (QED) is 0.107. The number of aromatic nitrogens is 1. The first-order valence-corrected chi connectivity index (χ1v) is 14.9. The van der Waals surface area contributed by atoms with Gasteiger partial charge in [-0.2, -0.15) is 5.10 Å². The van der Waals surface area contributed by atoms with E-state index in [1.54, 1.807) is 11.3 Å². The number of benzene rings is 2. The smallest absolute Gasteiger partial charge is 0.207 e. The molecule has 0 aliphatic carbocycles. The van der Waals surface area contributed by atoms with E-state index in [4.69, 9.17) is 10.1 Å². The lowest BCUT2D eigenvalue weighted by Gasteiger charge is -2.15. The highest BCUT2D eigenvalue weighted by atomic mass is 32.1. The second-order valence-electron chi connectivity index (χ2n) is 9.69. The average molecular weight is 492 g/mol. The van der Waals surface area contributed by atoms with Crippen molar-refractivity contribution in [2.45, 2.75) is 104 Å². The van der Waals surface area contributed by atoms with E-state index < -0.39 is 0 Å². The summed E-state index contributed by atoms with van der Waals surface area (Å²) in [6.45, 7) is 7.64. The number of aryl methyl sites for hydroxylation is 2. The summed E-state index contributed by atoms with van der Waals surface area (Å²) in [6.07, 6.45) is 18.6. The van der Waals surface area contributed by atoms with Crippen LogP contribution in [0.15, 0.2) is 47.6 Å². The molecule has 3 rings (SSSR count). The SMILES string of the molecule is CCCCCCCc1ccc(CCCCCCC)c(C=NN(CCC)c2nc3ccccc3s2)c1. The zero-order chi connectivity index (χ0) is 24.7. The lowest BCUT2D eigenvalue weighted by atomic mass is 9.97. The maximum Gasteiger partial charge on any atom is 0.207 e. The fraction of sp³-hybridized carbons (Fsp3) is 0.548. The third kappa shape index (κ3) is 9.07. The van der Waals surface area contributed by atoms with Gasteiger partial charge in [0.25, 0.3) is 0 Å². The second-order valence-corrected chi connectivity index (χ2v) is 10.7. The molecule has 0 unspecified atom stereocenters. The molecule has 190 valence electrons. The van der Waals surface area contributed by atoms with Gasteiger partial charge in [0.2, 0.25) is 5.13 Å². The highest BCUT2D eigenvalue weighted by molar-refractivity contribution is 7.22. The Hall–Kier alpha value is -2.20. The molecule has 3 aromatic rings. The van der Waals surface area contributed by atoms with Gasteiger partial charge in [-0.25, -0.2) is 9.99 Å². The summed E-state index contributed by atoms with van der Waals surface area (Å²) in [5, 5.41) is 8.06.